The standard InChI is InChI=1S/C21H12F6N4O/c22-20(23,24)13-3-1-12(2-4-13)17-9-29-18-10-28-16(11-31(17)18)19(32)30-15-7-5-14(6-8-15)21(25,26)27/h1-11H,(H,30,32). The third kappa shape index (κ3) is 4.27. The van der Waals surface area contributed by atoms with E-state index in [-0.39, 0.29) is 11.4 Å². The van der Waals surface area contributed by atoms with Crippen LogP contribution in [0.25, 0.3) is 16.9 Å². The summed E-state index contributed by atoms with van der Waals surface area (Å²) in [5.41, 5.74) is -0.360. The van der Waals surface area contributed by atoms with Crippen molar-refractivity contribution in [2.45, 2.75) is 12.4 Å². The van der Waals surface area contributed by atoms with Crippen LogP contribution in [0.15, 0.2) is 67.1 Å². The fraction of sp³-hybridized carbons (Fsp3) is 0.0952. The first-order valence-electron chi connectivity index (χ1n) is 9.02. The van der Waals surface area contributed by atoms with Gasteiger partial charge in [-0.05, 0) is 36.4 Å². The molecule has 0 unspecified atom stereocenters. The van der Waals surface area contributed by atoms with Crippen LogP contribution in [-0.2, 0) is 12.4 Å². The maximum Gasteiger partial charge on any atom is 0.416 e. The van der Waals surface area contributed by atoms with E-state index in [1.807, 2.05) is 0 Å². The molecule has 4 aromatic rings. The third-order valence-corrected chi connectivity index (χ3v) is 4.61. The number of hydrogen-bond donors (Lipinski definition) is 1. The van der Waals surface area contributed by atoms with E-state index in [0.29, 0.717) is 16.9 Å². The molecule has 0 aliphatic rings. The van der Waals surface area contributed by atoms with Crippen molar-refractivity contribution in [3.63, 3.8) is 0 Å². The molecule has 2 aromatic heterocycles. The first-order chi connectivity index (χ1) is 15.0. The Labute approximate surface area is 176 Å². The average molecular weight is 450 g/mol. The SMILES string of the molecule is O=C(Nc1ccc(C(F)(F)F)cc1)c1cn2c(-c3ccc(C(F)(F)F)cc3)cnc2cn1. The number of halogens is 6. The Hall–Kier alpha value is -3.89. The molecule has 0 saturated heterocycles. The zero-order valence-corrected chi connectivity index (χ0v) is 15.9. The van der Waals surface area contributed by atoms with Crippen molar-refractivity contribution in [2.75, 3.05) is 5.32 Å². The molecule has 0 bridgehead atoms. The Balaban J connectivity index is 1.60. The molecule has 32 heavy (non-hydrogen) atoms. The third-order valence-electron chi connectivity index (χ3n) is 4.61. The van der Waals surface area contributed by atoms with E-state index >= 15 is 0 Å². The molecule has 2 aromatic carbocycles. The van der Waals surface area contributed by atoms with E-state index in [1.54, 1.807) is 0 Å². The zero-order valence-electron chi connectivity index (χ0n) is 15.9. The van der Waals surface area contributed by atoms with Crippen molar-refractivity contribution in [1.29, 1.82) is 0 Å². The molecule has 0 atom stereocenters. The molecule has 4 rings (SSSR count). The van der Waals surface area contributed by atoms with Crippen LogP contribution in [0.4, 0.5) is 32.0 Å². The van der Waals surface area contributed by atoms with Gasteiger partial charge in [0, 0.05) is 17.4 Å². The Morgan fingerprint density at radius 2 is 1.34 bits per heavy atom. The minimum Gasteiger partial charge on any atom is -0.321 e. The molecule has 1 amide bonds. The summed E-state index contributed by atoms with van der Waals surface area (Å²) in [5.74, 6) is -0.682. The lowest BCUT2D eigenvalue weighted by Crippen LogP contribution is -2.15. The Morgan fingerprint density at radius 1 is 0.781 bits per heavy atom. The zero-order chi connectivity index (χ0) is 23.1. The van der Waals surface area contributed by atoms with Crippen molar-refractivity contribution in [1.82, 2.24) is 14.4 Å². The topological polar surface area (TPSA) is 59.3 Å². The van der Waals surface area contributed by atoms with Crippen molar-refractivity contribution >= 4 is 17.2 Å². The molecule has 1 N–H and O–H groups in total. The van der Waals surface area contributed by atoms with Gasteiger partial charge in [0.2, 0.25) is 0 Å². The second-order valence-electron chi connectivity index (χ2n) is 6.75. The number of alkyl halides is 6. The van der Waals surface area contributed by atoms with Gasteiger partial charge < -0.3 is 5.32 Å². The van der Waals surface area contributed by atoms with Gasteiger partial charge in [-0.1, -0.05) is 12.1 Å². The van der Waals surface area contributed by atoms with Crippen LogP contribution < -0.4 is 5.32 Å². The summed E-state index contributed by atoms with van der Waals surface area (Å²) in [7, 11) is 0. The number of imidazole rings is 1. The Morgan fingerprint density at radius 3 is 1.91 bits per heavy atom. The van der Waals surface area contributed by atoms with E-state index in [9.17, 15) is 31.1 Å². The lowest BCUT2D eigenvalue weighted by Gasteiger charge is -2.09. The predicted molar refractivity (Wildman–Crippen MR) is 103 cm³/mol. The molecule has 0 aliphatic carbocycles. The summed E-state index contributed by atoms with van der Waals surface area (Å²) in [6.45, 7) is 0. The number of rotatable bonds is 3. The van der Waals surface area contributed by atoms with Crippen LogP contribution in [0.3, 0.4) is 0 Å². The van der Waals surface area contributed by atoms with Gasteiger partial charge in [-0.2, -0.15) is 26.3 Å². The van der Waals surface area contributed by atoms with Crippen molar-refractivity contribution in [3.05, 3.63) is 83.9 Å². The predicted octanol–water partition coefficient (Wildman–Crippen LogP) is 5.69. The molecular formula is C21H12F6N4O. The fourth-order valence-corrected chi connectivity index (χ4v) is 2.99. The van der Waals surface area contributed by atoms with Gasteiger partial charge in [0.25, 0.3) is 5.91 Å². The molecule has 0 radical (unpaired) electrons. The first kappa shape index (κ1) is 21.3. The number of fused-ring (bicyclic) bond motifs is 1. The molecule has 2 heterocycles. The highest BCUT2D eigenvalue weighted by atomic mass is 19.4. The van der Waals surface area contributed by atoms with Crippen LogP contribution in [0, 0.1) is 0 Å². The maximum atomic E-state index is 12.8. The van der Waals surface area contributed by atoms with Crippen LogP contribution in [0.5, 0.6) is 0 Å². The number of nitrogens with zero attached hydrogens (tertiary/aromatic N) is 3. The number of anilines is 1. The van der Waals surface area contributed by atoms with E-state index in [2.05, 4.69) is 15.3 Å². The molecule has 0 spiro atoms. The molecule has 164 valence electrons. The Kier molecular flexibility index (Phi) is 5.11. The second kappa shape index (κ2) is 7.66. The molecule has 5 nitrogen and oxygen atoms in total. The van der Waals surface area contributed by atoms with Gasteiger partial charge in [0.05, 0.1) is 29.2 Å². The summed E-state index contributed by atoms with van der Waals surface area (Å²) >= 11 is 0. The largest absolute Gasteiger partial charge is 0.416 e. The quantitative estimate of drug-likeness (QED) is 0.408. The number of amides is 1. The first-order valence-corrected chi connectivity index (χ1v) is 9.02. The highest BCUT2D eigenvalue weighted by Crippen LogP contribution is 2.31. The normalized spacial score (nSPS) is 12.2. The second-order valence-corrected chi connectivity index (χ2v) is 6.75. The van der Waals surface area contributed by atoms with E-state index in [0.717, 1.165) is 36.4 Å². The molecule has 0 fully saturated rings. The number of benzene rings is 2. The van der Waals surface area contributed by atoms with E-state index < -0.39 is 29.4 Å². The summed E-state index contributed by atoms with van der Waals surface area (Å²) in [5, 5.41) is 2.45. The molecule has 11 heteroatoms. The van der Waals surface area contributed by atoms with Crippen LogP contribution in [-0.4, -0.2) is 20.3 Å². The smallest absolute Gasteiger partial charge is 0.321 e. The van der Waals surface area contributed by atoms with Gasteiger partial charge in [-0.3, -0.25) is 9.20 Å². The lowest BCUT2D eigenvalue weighted by atomic mass is 10.1. The minimum atomic E-state index is -4.49. The summed E-state index contributed by atoms with van der Waals surface area (Å²) in [4.78, 5) is 20.6. The number of hydrogen-bond acceptors (Lipinski definition) is 3. The monoisotopic (exact) mass is 450 g/mol. The number of carbonyl (C=O) groups is 1. The minimum absolute atomic E-state index is 0.0661. The summed E-state index contributed by atoms with van der Waals surface area (Å²) < 4.78 is 77.8. The average Bonchev–Trinajstić information content (AvgIpc) is 3.16. The van der Waals surface area contributed by atoms with E-state index in [1.165, 1.54) is 35.1 Å². The highest BCUT2D eigenvalue weighted by Gasteiger charge is 2.31. The van der Waals surface area contributed by atoms with Gasteiger partial charge in [0.1, 0.15) is 5.69 Å². The number of aromatic nitrogens is 3. The van der Waals surface area contributed by atoms with Gasteiger partial charge >= 0.3 is 12.4 Å². The maximum absolute atomic E-state index is 12.8. The van der Waals surface area contributed by atoms with Crippen molar-refractivity contribution in [3.8, 4) is 11.3 Å². The fourth-order valence-electron chi connectivity index (χ4n) is 2.99. The van der Waals surface area contributed by atoms with E-state index in [4.69, 9.17) is 0 Å². The lowest BCUT2D eigenvalue weighted by molar-refractivity contribution is -0.138. The summed E-state index contributed by atoms with van der Waals surface area (Å²) in [6, 6.07) is 8.36. The van der Waals surface area contributed by atoms with Crippen molar-refractivity contribution in [2.24, 2.45) is 0 Å². The Bertz CT molecular complexity index is 1280. The highest BCUT2D eigenvalue weighted by molar-refractivity contribution is 6.02. The molecule has 0 aliphatic heterocycles. The van der Waals surface area contributed by atoms with Gasteiger partial charge in [-0.15, -0.1) is 0 Å². The number of nitrogens with one attached hydrogen (secondary N) is 1. The van der Waals surface area contributed by atoms with Crippen LogP contribution >= 0.6 is 0 Å². The van der Waals surface area contributed by atoms with Gasteiger partial charge in [-0.25, -0.2) is 9.97 Å². The van der Waals surface area contributed by atoms with Gasteiger partial charge in [0.15, 0.2) is 5.65 Å². The molecule has 0 saturated carbocycles. The number of carbonyl (C=O) groups excluding carboxylic acids is 1. The molecular weight excluding hydrogens is 438 g/mol. The summed E-state index contributed by atoms with van der Waals surface area (Å²) in [6.07, 6.45) is -4.89. The van der Waals surface area contributed by atoms with Crippen molar-refractivity contribution < 1.29 is 31.1 Å². The van der Waals surface area contributed by atoms with Crippen LogP contribution in [0.1, 0.15) is 21.6 Å². The van der Waals surface area contributed by atoms with Crippen LogP contribution in [0.2, 0.25) is 0 Å².